The molecule has 0 radical (unpaired) electrons. The van der Waals surface area contributed by atoms with Gasteiger partial charge in [0.25, 0.3) is 5.91 Å². The van der Waals surface area contributed by atoms with E-state index >= 15 is 0 Å². The predicted octanol–water partition coefficient (Wildman–Crippen LogP) is 4.93. The number of benzene rings is 3. The van der Waals surface area contributed by atoms with Crippen molar-refractivity contribution < 1.29 is 41.0 Å². The molecule has 2 unspecified atom stereocenters. The highest BCUT2D eigenvalue weighted by Crippen LogP contribution is 2.39. The van der Waals surface area contributed by atoms with Crippen molar-refractivity contribution in [1.29, 1.82) is 0 Å². The summed E-state index contributed by atoms with van der Waals surface area (Å²) >= 11 is 0. The molecule has 45 heavy (non-hydrogen) atoms. The standard InChI is InChI=1S/C33H35F3N2O6S/c1-2-45(42,43)28-13-7-22(8-14-28)29(19-39)37-32(41)23-5-11-27(12-6-23)38-18-25(17-30(38)31(40)24-15-16-44-20-24)21-3-9-26(10-4-21)33(34,35)36/h3-14,24-25,29-30,39H,2,15-20H2,1H3,(H,37,41)/t24?,25?,29-,30-/m0/s1. The molecule has 2 aliphatic rings. The highest BCUT2D eigenvalue weighted by atomic mass is 32.2. The van der Waals surface area contributed by atoms with E-state index < -0.39 is 46.2 Å². The van der Waals surface area contributed by atoms with Crippen molar-refractivity contribution in [2.45, 2.75) is 48.8 Å². The van der Waals surface area contributed by atoms with Crippen LogP contribution in [0.2, 0.25) is 0 Å². The van der Waals surface area contributed by atoms with Crippen LogP contribution >= 0.6 is 0 Å². The van der Waals surface area contributed by atoms with Crippen molar-refractivity contribution >= 4 is 27.2 Å². The lowest BCUT2D eigenvalue weighted by Gasteiger charge is -2.27. The first-order chi connectivity index (χ1) is 21.4. The molecule has 0 spiro atoms. The fourth-order valence-corrected chi connectivity index (χ4v) is 6.85. The second-order valence-corrected chi connectivity index (χ2v) is 13.7. The second-order valence-electron chi connectivity index (χ2n) is 11.4. The van der Waals surface area contributed by atoms with Gasteiger partial charge in [-0.15, -0.1) is 0 Å². The number of nitrogens with zero attached hydrogens (tertiary/aromatic N) is 1. The zero-order chi connectivity index (χ0) is 32.4. The van der Waals surface area contributed by atoms with Gasteiger partial charge < -0.3 is 20.1 Å². The Balaban J connectivity index is 1.32. The first-order valence-corrected chi connectivity index (χ1v) is 16.5. The average Bonchev–Trinajstić information content (AvgIpc) is 3.74. The lowest BCUT2D eigenvalue weighted by Crippen LogP contribution is -2.39. The minimum absolute atomic E-state index is 0.0345. The molecule has 2 N–H and O–H groups in total. The maximum absolute atomic E-state index is 13.6. The number of halogens is 3. The van der Waals surface area contributed by atoms with Gasteiger partial charge >= 0.3 is 6.18 Å². The van der Waals surface area contributed by atoms with Crippen LogP contribution in [-0.2, 0) is 25.5 Å². The lowest BCUT2D eigenvalue weighted by atomic mass is 9.90. The van der Waals surface area contributed by atoms with Gasteiger partial charge in [0.2, 0.25) is 0 Å². The van der Waals surface area contributed by atoms with Crippen LogP contribution in [0.1, 0.15) is 58.8 Å². The van der Waals surface area contributed by atoms with E-state index in [-0.39, 0.29) is 28.3 Å². The van der Waals surface area contributed by atoms with Crippen molar-refractivity contribution in [1.82, 2.24) is 5.32 Å². The van der Waals surface area contributed by atoms with E-state index in [4.69, 9.17) is 4.74 Å². The number of rotatable bonds is 10. The Kier molecular flexibility index (Phi) is 9.66. The number of aliphatic hydroxyl groups excluding tert-OH is 1. The number of carbonyl (C=O) groups excluding carboxylic acids is 2. The number of ketones is 1. The van der Waals surface area contributed by atoms with Crippen LogP contribution in [0.25, 0.3) is 0 Å². The Labute approximate surface area is 260 Å². The smallest absolute Gasteiger partial charge is 0.394 e. The molecule has 2 fully saturated rings. The summed E-state index contributed by atoms with van der Waals surface area (Å²) in [6.45, 7) is 2.41. The molecule has 0 aliphatic carbocycles. The molecule has 3 aromatic rings. The summed E-state index contributed by atoms with van der Waals surface area (Å²) in [6.07, 6.45) is -3.37. The Morgan fingerprint density at radius 3 is 2.24 bits per heavy atom. The molecule has 2 saturated heterocycles. The summed E-state index contributed by atoms with van der Waals surface area (Å²) < 4.78 is 69.0. The van der Waals surface area contributed by atoms with Crippen LogP contribution in [0.5, 0.6) is 0 Å². The number of amides is 1. The maximum Gasteiger partial charge on any atom is 0.416 e. The quantitative estimate of drug-likeness (QED) is 0.322. The monoisotopic (exact) mass is 644 g/mol. The molecule has 3 aromatic carbocycles. The molecule has 2 heterocycles. The Morgan fingerprint density at radius 1 is 1.02 bits per heavy atom. The first-order valence-electron chi connectivity index (χ1n) is 14.8. The van der Waals surface area contributed by atoms with Crippen molar-refractivity contribution in [3.05, 3.63) is 95.1 Å². The van der Waals surface area contributed by atoms with E-state index in [0.29, 0.717) is 49.4 Å². The van der Waals surface area contributed by atoms with Gasteiger partial charge in [-0.1, -0.05) is 31.2 Å². The van der Waals surface area contributed by atoms with Crippen molar-refractivity contribution in [2.75, 3.05) is 37.0 Å². The molecule has 12 heteroatoms. The Morgan fingerprint density at radius 2 is 1.69 bits per heavy atom. The molecule has 0 bridgehead atoms. The van der Waals surface area contributed by atoms with E-state index in [2.05, 4.69) is 5.32 Å². The third-order valence-electron chi connectivity index (χ3n) is 8.64. The molecule has 0 saturated carbocycles. The number of nitrogens with one attached hydrogen (secondary N) is 1. The van der Waals surface area contributed by atoms with E-state index in [0.717, 1.165) is 17.7 Å². The van der Waals surface area contributed by atoms with Crippen LogP contribution < -0.4 is 10.2 Å². The molecule has 2 aliphatic heterocycles. The maximum atomic E-state index is 13.6. The Bertz CT molecular complexity index is 1600. The fraction of sp³-hybridized carbons (Fsp3) is 0.394. The predicted molar refractivity (Wildman–Crippen MR) is 162 cm³/mol. The molecular weight excluding hydrogens is 609 g/mol. The van der Waals surface area contributed by atoms with Gasteiger partial charge in [-0.05, 0) is 72.5 Å². The zero-order valence-electron chi connectivity index (χ0n) is 24.7. The number of sulfone groups is 1. The van der Waals surface area contributed by atoms with E-state index in [1.165, 1.54) is 24.3 Å². The number of hydrogen-bond acceptors (Lipinski definition) is 7. The number of carbonyl (C=O) groups is 2. The summed E-state index contributed by atoms with van der Waals surface area (Å²) in [5.41, 5.74) is 1.55. The largest absolute Gasteiger partial charge is 0.416 e. The van der Waals surface area contributed by atoms with Gasteiger partial charge in [-0.2, -0.15) is 13.2 Å². The van der Waals surface area contributed by atoms with Crippen LogP contribution in [0.4, 0.5) is 18.9 Å². The molecule has 1 amide bonds. The Hall–Kier alpha value is -3.74. The van der Waals surface area contributed by atoms with Crippen LogP contribution in [0.15, 0.2) is 77.7 Å². The lowest BCUT2D eigenvalue weighted by molar-refractivity contribution is -0.137. The SMILES string of the molecule is CCS(=O)(=O)c1ccc([C@H](CO)NC(=O)c2ccc(N3CC(c4ccc(C(F)(F)F)cc4)C[C@H]3C(=O)C3CCOC3)cc2)cc1. The molecule has 240 valence electrons. The average molecular weight is 645 g/mol. The van der Waals surface area contributed by atoms with E-state index in [1.54, 1.807) is 43.3 Å². The van der Waals surface area contributed by atoms with E-state index in [9.17, 15) is 36.3 Å². The van der Waals surface area contributed by atoms with Gasteiger partial charge in [0, 0.05) is 36.2 Å². The van der Waals surface area contributed by atoms with Crippen molar-refractivity contribution in [2.24, 2.45) is 5.92 Å². The molecular formula is C33H35F3N2O6S. The molecule has 0 aromatic heterocycles. The van der Waals surface area contributed by atoms with Gasteiger partial charge in [0.15, 0.2) is 15.6 Å². The highest BCUT2D eigenvalue weighted by molar-refractivity contribution is 7.91. The van der Waals surface area contributed by atoms with Crippen LogP contribution in [0, 0.1) is 5.92 Å². The van der Waals surface area contributed by atoms with Gasteiger partial charge in [0.1, 0.15) is 0 Å². The first kappa shape index (κ1) is 32.6. The van der Waals surface area contributed by atoms with Crippen LogP contribution in [0.3, 0.4) is 0 Å². The van der Waals surface area contributed by atoms with Gasteiger partial charge in [0.05, 0.1) is 41.5 Å². The number of alkyl halides is 3. The topological polar surface area (TPSA) is 113 Å². The number of ether oxygens (including phenoxy) is 1. The fourth-order valence-electron chi connectivity index (χ4n) is 5.96. The van der Waals surface area contributed by atoms with Crippen molar-refractivity contribution in [3.63, 3.8) is 0 Å². The molecule has 8 nitrogen and oxygen atoms in total. The summed E-state index contributed by atoms with van der Waals surface area (Å²) in [5.74, 6) is -0.881. The number of aliphatic hydroxyl groups is 1. The summed E-state index contributed by atoms with van der Waals surface area (Å²) in [6, 6.07) is 16.5. The summed E-state index contributed by atoms with van der Waals surface area (Å²) in [5, 5.41) is 12.7. The van der Waals surface area contributed by atoms with Crippen molar-refractivity contribution in [3.8, 4) is 0 Å². The normalized spacial score (nSPS) is 21.1. The summed E-state index contributed by atoms with van der Waals surface area (Å²) in [7, 11) is -3.39. The van der Waals surface area contributed by atoms with E-state index in [1.807, 2.05) is 4.90 Å². The third kappa shape index (κ3) is 7.23. The number of anilines is 1. The number of hydrogen-bond donors (Lipinski definition) is 2. The van der Waals surface area contributed by atoms with Gasteiger partial charge in [-0.25, -0.2) is 8.42 Å². The second kappa shape index (κ2) is 13.3. The summed E-state index contributed by atoms with van der Waals surface area (Å²) in [4.78, 5) is 28.8. The van der Waals surface area contributed by atoms with Gasteiger partial charge in [-0.3, -0.25) is 9.59 Å². The number of Topliss-reactive ketones (excluding diaryl/α,β-unsaturated/α-hetero) is 1. The third-order valence-corrected chi connectivity index (χ3v) is 10.4. The zero-order valence-corrected chi connectivity index (χ0v) is 25.5. The molecule has 4 atom stereocenters. The highest BCUT2D eigenvalue weighted by Gasteiger charge is 2.41. The van der Waals surface area contributed by atoms with Crippen LogP contribution in [-0.4, -0.2) is 63.4 Å². The minimum Gasteiger partial charge on any atom is -0.394 e. The molecule has 5 rings (SSSR count). The minimum atomic E-state index is -4.44.